The summed E-state index contributed by atoms with van der Waals surface area (Å²) in [5.74, 6) is -2.58. The Labute approximate surface area is 169 Å². The lowest BCUT2D eigenvalue weighted by Gasteiger charge is -2.19. The number of hydrogen-bond donors (Lipinski definition) is 2. The van der Waals surface area contributed by atoms with Gasteiger partial charge < -0.3 is 10.6 Å². The fraction of sp³-hybridized carbons (Fsp3) is 0.222. The van der Waals surface area contributed by atoms with Crippen LogP contribution in [-0.4, -0.2) is 29.9 Å². The molecule has 2 aromatic rings. The van der Waals surface area contributed by atoms with E-state index in [1.54, 1.807) is 0 Å². The first-order valence-corrected chi connectivity index (χ1v) is 9.97. The normalized spacial score (nSPS) is 11.7. The number of benzene rings is 2. The monoisotopic (exact) mass is 432 g/mol. The van der Waals surface area contributed by atoms with Crippen LogP contribution in [-0.2, 0) is 4.79 Å². The van der Waals surface area contributed by atoms with Gasteiger partial charge in [0.2, 0.25) is 5.91 Å². The first-order chi connectivity index (χ1) is 12.8. The van der Waals surface area contributed by atoms with Crippen LogP contribution in [0.25, 0.3) is 0 Å². The fourth-order valence-corrected chi connectivity index (χ4v) is 3.18. The number of thioether (sulfide) groups is 1. The van der Waals surface area contributed by atoms with E-state index in [4.69, 9.17) is 23.2 Å². The molecule has 0 bridgehead atoms. The van der Waals surface area contributed by atoms with E-state index < -0.39 is 29.5 Å². The van der Waals surface area contributed by atoms with E-state index in [1.807, 2.05) is 6.26 Å². The van der Waals surface area contributed by atoms with Gasteiger partial charge in [0.25, 0.3) is 5.91 Å². The average molecular weight is 433 g/mol. The summed E-state index contributed by atoms with van der Waals surface area (Å²) in [6.45, 7) is 0. The van der Waals surface area contributed by atoms with Crippen molar-refractivity contribution in [2.24, 2.45) is 0 Å². The highest BCUT2D eigenvalue weighted by molar-refractivity contribution is 7.98. The third kappa shape index (κ3) is 6.09. The lowest BCUT2D eigenvalue weighted by atomic mass is 10.1. The summed E-state index contributed by atoms with van der Waals surface area (Å²) in [6.07, 6.45) is 2.20. The molecule has 9 heteroatoms. The van der Waals surface area contributed by atoms with E-state index in [1.165, 1.54) is 36.0 Å². The summed E-state index contributed by atoms with van der Waals surface area (Å²) in [7, 11) is 0. The molecule has 0 heterocycles. The Morgan fingerprint density at radius 2 is 1.85 bits per heavy atom. The zero-order valence-corrected chi connectivity index (χ0v) is 16.5. The van der Waals surface area contributed by atoms with Crippen LogP contribution in [0.3, 0.4) is 0 Å². The smallest absolute Gasteiger partial charge is 0.253 e. The number of amides is 2. The van der Waals surface area contributed by atoms with Crippen molar-refractivity contribution in [2.45, 2.75) is 12.5 Å². The summed E-state index contributed by atoms with van der Waals surface area (Å²) in [6, 6.07) is 6.53. The predicted octanol–water partition coefficient (Wildman–Crippen LogP) is 4.76. The molecule has 0 fully saturated rings. The number of hydrogen-bond acceptors (Lipinski definition) is 3. The quantitative estimate of drug-likeness (QED) is 0.662. The van der Waals surface area contributed by atoms with Gasteiger partial charge in [-0.25, -0.2) is 8.78 Å². The molecule has 0 aromatic heterocycles. The van der Waals surface area contributed by atoms with Crippen LogP contribution in [0.15, 0.2) is 36.4 Å². The highest BCUT2D eigenvalue weighted by Gasteiger charge is 2.22. The molecule has 2 amide bonds. The van der Waals surface area contributed by atoms with E-state index in [2.05, 4.69) is 10.6 Å². The minimum absolute atomic E-state index is 0.0897. The molecule has 1 atom stereocenters. The molecular formula is C18H16Cl2F2N2O2S. The molecule has 0 aliphatic heterocycles. The number of carbonyl (C=O) groups is 2. The van der Waals surface area contributed by atoms with E-state index in [0.717, 1.165) is 12.1 Å². The minimum atomic E-state index is -1.08. The predicted molar refractivity (Wildman–Crippen MR) is 106 cm³/mol. The molecular weight excluding hydrogens is 417 g/mol. The van der Waals surface area contributed by atoms with E-state index >= 15 is 0 Å². The summed E-state index contributed by atoms with van der Waals surface area (Å²) in [5, 5.41) is 5.63. The van der Waals surface area contributed by atoms with Crippen molar-refractivity contribution in [1.82, 2.24) is 5.32 Å². The molecule has 0 aliphatic carbocycles. The Morgan fingerprint density at radius 3 is 2.48 bits per heavy atom. The van der Waals surface area contributed by atoms with Gasteiger partial charge in [0.15, 0.2) is 11.6 Å². The molecule has 2 rings (SSSR count). The second-order valence-electron chi connectivity index (χ2n) is 5.55. The Hall–Kier alpha value is -1.83. The first kappa shape index (κ1) is 21.5. The van der Waals surface area contributed by atoms with Crippen molar-refractivity contribution in [3.8, 4) is 0 Å². The number of halogens is 4. The van der Waals surface area contributed by atoms with Gasteiger partial charge in [0, 0.05) is 16.8 Å². The first-order valence-electron chi connectivity index (χ1n) is 7.82. The van der Waals surface area contributed by atoms with Crippen LogP contribution >= 0.6 is 35.0 Å². The Kier molecular flexibility index (Phi) is 7.89. The molecule has 2 aromatic carbocycles. The van der Waals surface area contributed by atoms with Crippen molar-refractivity contribution in [1.29, 1.82) is 0 Å². The summed E-state index contributed by atoms with van der Waals surface area (Å²) < 4.78 is 26.3. The van der Waals surface area contributed by atoms with Crippen LogP contribution in [0.5, 0.6) is 0 Å². The molecule has 0 radical (unpaired) electrons. The minimum Gasteiger partial charge on any atom is -0.340 e. The van der Waals surface area contributed by atoms with E-state index in [0.29, 0.717) is 17.2 Å². The lowest BCUT2D eigenvalue weighted by Crippen LogP contribution is -2.44. The van der Waals surface area contributed by atoms with Crippen molar-refractivity contribution < 1.29 is 18.4 Å². The maximum atomic E-state index is 13.3. The van der Waals surface area contributed by atoms with Crippen molar-refractivity contribution in [2.75, 3.05) is 17.3 Å². The van der Waals surface area contributed by atoms with Gasteiger partial charge in [-0.15, -0.1) is 0 Å². The zero-order chi connectivity index (χ0) is 20.0. The maximum Gasteiger partial charge on any atom is 0.253 e. The van der Waals surface area contributed by atoms with Gasteiger partial charge in [0.1, 0.15) is 6.04 Å². The molecule has 27 heavy (non-hydrogen) atoms. The second kappa shape index (κ2) is 9.92. The van der Waals surface area contributed by atoms with Crippen LogP contribution in [0.4, 0.5) is 14.5 Å². The molecule has 0 saturated heterocycles. The molecule has 4 nitrogen and oxygen atoms in total. The molecule has 0 aliphatic rings. The molecule has 0 spiro atoms. The van der Waals surface area contributed by atoms with Crippen LogP contribution in [0, 0.1) is 11.6 Å². The SMILES string of the molecule is CSCCC(NC(=O)c1ccc(Cl)cc1Cl)C(=O)Nc1ccc(F)c(F)c1. The Morgan fingerprint density at radius 1 is 1.11 bits per heavy atom. The summed E-state index contributed by atoms with van der Waals surface area (Å²) in [5.41, 5.74) is 0.266. The summed E-state index contributed by atoms with van der Waals surface area (Å²) in [4.78, 5) is 25.0. The Balaban J connectivity index is 2.14. The molecule has 0 saturated carbocycles. The van der Waals surface area contributed by atoms with E-state index in [9.17, 15) is 18.4 Å². The van der Waals surface area contributed by atoms with Crippen molar-refractivity contribution in [3.05, 3.63) is 63.6 Å². The van der Waals surface area contributed by atoms with Gasteiger partial charge in [-0.2, -0.15) is 11.8 Å². The number of carbonyl (C=O) groups excluding carboxylic acids is 2. The van der Waals surface area contributed by atoms with E-state index in [-0.39, 0.29) is 16.3 Å². The number of nitrogens with one attached hydrogen (secondary N) is 2. The third-order valence-corrected chi connectivity index (χ3v) is 4.79. The maximum absolute atomic E-state index is 13.3. The van der Waals surface area contributed by atoms with Crippen LogP contribution < -0.4 is 10.6 Å². The topological polar surface area (TPSA) is 58.2 Å². The highest BCUT2D eigenvalue weighted by atomic mass is 35.5. The average Bonchev–Trinajstić information content (AvgIpc) is 2.61. The second-order valence-corrected chi connectivity index (χ2v) is 7.38. The summed E-state index contributed by atoms with van der Waals surface area (Å²) >= 11 is 13.3. The molecule has 2 N–H and O–H groups in total. The van der Waals surface area contributed by atoms with Gasteiger partial charge in [0.05, 0.1) is 10.6 Å². The van der Waals surface area contributed by atoms with Gasteiger partial charge in [-0.3, -0.25) is 9.59 Å². The van der Waals surface area contributed by atoms with Crippen molar-refractivity contribution >= 4 is 52.5 Å². The van der Waals surface area contributed by atoms with Gasteiger partial charge in [-0.1, -0.05) is 23.2 Å². The number of anilines is 1. The zero-order valence-electron chi connectivity index (χ0n) is 14.2. The third-order valence-electron chi connectivity index (χ3n) is 3.60. The van der Waals surface area contributed by atoms with Gasteiger partial charge >= 0.3 is 0 Å². The van der Waals surface area contributed by atoms with Crippen LogP contribution in [0.2, 0.25) is 10.0 Å². The molecule has 1 unspecified atom stereocenters. The Bertz CT molecular complexity index is 852. The number of rotatable bonds is 7. The fourth-order valence-electron chi connectivity index (χ4n) is 2.22. The highest BCUT2D eigenvalue weighted by Crippen LogP contribution is 2.21. The van der Waals surface area contributed by atoms with Crippen molar-refractivity contribution in [3.63, 3.8) is 0 Å². The standard InChI is InChI=1S/C18H16Cl2F2N2O2S/c1-27-7-6-16(18(26)23-11-3-5-14(21)15(22)9-11)24-17(25)12-4-2-10(19)8-13(12)20/h2-5,8-9,16H,6-7H2,1H3,(H,23,26)(H,24,25). The van der Waals surface area contributed by atoms with Gasteiger partial charge in [-0.05, 0) is 48.8 Å². The lowest BCUT2D eigenvalue weighted by molar-refractivity contribution is -0.118. The van der Waals surface area contributed by atoms with Crippen LogP contribution in [0.1, 0.15) is 16.8 Å². The largest absolute Gasteiger partial charge is 0.340 e. The molecule has 144 valence electrons.